The Kier molecular flexibility index (Phi) is 8.15. The molecule has 0 atom stereocenters. The highest BCUT2D eigenvalue weighted by Crippen LogP contribution is 2.38. The predicted molar refractivity (Wildman–Crippen MR) is 156 cm³/mol. The predicted octanol–water partition coefficient (Wildman–Crippen LogP) is 5.62. The number of nitrogens with zero attached hydrogens (tertiary/aromatic N) is 3. The molecule has 2 aliphatic carbocycles. The first-order chi connectivity index (χ1) is 19.3. The van der Waals surface area contributed by atoms with E-state index in [4.69, 9.17) is 9.88 Å². The maximum atomic E-state index is 14.2. The molecule has 1 saturated heterocycles. The molecule has 216 valence electrons. The average molecular weight is 569 g/mol. The van der Waals surface area contributed by atoms with E-state index in [0.29, 0.717) is 30.1 Å². The molecule has 2 saturated carbocycles. The zero-order chi connectivity index (χ0) is 27.7. The van der Waals surface area contributed by atoms with E-state index < -0.39 is 10.0 Å². The van der Waals surface area contributed by atoms with Crippen LogP contribution in [0.25, 0.3) is 16.6 Å². The molecule has 3 fully saturated rings. The van der Waals surface area contributed by atoms with Crippen molar-refractivity contribution in [2.75, 3.05) is 32.0 Å². The second kappa shape index (κ2) is 11.8. The Balaban J connectivity index is 1.09. The lowest BCUT2D eigenvalue weighted by Gasteiger charge is -2.34. The van der Waals surface area contributed by atoms with Gasteiger partial charge < -0.3 is 14.2 Å². The number of aromatic nitrogens is 2. The van der Waals surface area contributed by atoms with Gasteiger partial charge in [-0.2, -0.15) is 0 Å². The van der Waals surface area contributed by atoms with Gasteiger partial charge in [-0.05, 0) is 112 Å². The van der Waals surface area contributed by atoms with Crippen LogP contribution in [-0.4, -0.2) is 54.9 Å². The lowest BCUT2D eigenvalue weighted by Crippen LogP contribution is -2.35. The van der Waals surface area contributed by atoms with Gasteiger partial charge in [0.05, 0.1) is 29.8 Å². The molecule has 0 radical (unpaired) electrons. The number of pyridine rings is 1. The first-order valence-electron chi connectivity index (χ1n) is 14.9. The number of hydrogen-bond acceptors (Lipinski definition) is 5. The summed E-state index contributed by atoms with van der Waals surface area (Å²) in [6.45, 7) is 3.90. The summed E-state index contributed by atoms with van der Waals surface area (Å²) in [6.07, 6.45) is 15.9. The fourth-order valence-corrected chi connectivity index (χ4v) is 7.76. The molecule has 3 heterocycles. The molecule has 6 rings (SSSR count). The molecule has 40 heavy (non-hydrogen) atoms. The van der Waals surface area contributed by atoms with E-state index in [9.17, 15) is 12.8 Å². The number of primary sulfonamides is 1. The topological polar surface area (TPSA) is 90.5 Å². The molecule has 1 aliphatic heterocycles. The van der Waals surface area contributed by atoms with Crippen molar-refractivity contribution in [1.82, 2.24) is 14.5 Å². The van der Waals surface area contributed by atoms with Crippen molar-refractivity contribution in [3.05, 3.63) is 54.2 Å². The minimum absolute atomic E-state index is 0.135. The lowest BCUT2D eigenvalue weighted by molar-refractivity contribution is 0.182. The van der Waals surface area contributed by atoms with Crippen LogP contribution in [0.5, 0.6) is 5.75 Å². The van der Waals surface area contributed by atoms with Crippen LogP contribution < -0.4 is 9.88 Å². The second-order valence-electron chi connectivity index (χ2n) is 12.3. The molecule has 1 aromatic carbocycles. The zero-order valence-electron chi connectivity index (χ0n) is 23.2. The number of fused-ring (bicyclic) bond motifs is 1. The number of benzene rings is 1. The standard InChI is InChI=1S/C31H41FN4O3S/c32-26-7-8-29(31(17-26)39-20-23-3-4-23)36-19-28(27-9-13-34-18-30(27)36)25-11-15-35(16-12-25)14-10-22-1-5-24(6-2-22)21-40(33,37)38/h7-9,13,17-19,22-25H,1-6,10-12,14-16,20-21H2,(H2,33,37,38)/t22-,24-. The highest BCUT2D eigenvalue weighted by molar-refractivity contribution is 7.89. The minimum atomic E-state index is -3.37. The Bertz CT molecular complexity index is 1420. The molecule has 2 aromatic heterocycles. The third-order valence-electron chi connectivity index (χ3n) is 9.31. The van der Waals surface area contributed by atoms with E-state index >= 15 is 0 Å². The summed E-state index contributed by atoms with van der Waals surface area (Å²) in [5.41, 5.74) is 3.23. The van der Waals surface area contributed by atoms with E-state index in [-0.39, 0.29) is 17.5 Å². The summed E-state index contributed by atoms with van der Waals surface area (Å²) >= 11 is 0. The number of rotatable bonds is 10. The fraction of sp³-hybridized carbons (Fsp3) is 0.581. The number of sulfonamides is 1. The van der Waals surface area contributed by atoms with Crippen LogP contribution in [0.15, 0.2) is 42.9 Å². The van der Waals surface area contributed by atoms with Crippen molar-refractivity contribution in [3.63, 3.8) is 0 Å². The van der Waals surface area contributed by atoms with Crippen molar-refractivity contribution in [3.8, 4) is 11.4 Å². The number of likely N-dealkylation sites (tertiary alicyclic amines) is 1. The molecule has 0 amide bonds. The number of ether oxygens (including phenoxy) is 1. The molecular weight excluding hydrogens is 527 g/mol. The number of halogens is 1. The van der Waals surface area contributed by atoms with E-state index in [1.165, 1.54) is 42.3 Å². The lowest BCUT2D eigenvalue weighted by atomic mass is 9.81. The number of piperidine rings is 1. The normalized spacial score (nSPS) is 23.1. The van der Waals surface area contributed by atoms with Gasteiger partial charge in [-0.3, -0.25) is 4.98 Å². The molecular formula is C31H41FN4O3S. The van der Waals surface area contributed by atoms with Crippen LogP contribution in [0.1, 0.15) is 69.3 Å². The van der Waals surface area contributed by atoms with Crippen LogP contribution in [0.3, 0.4) is 0 Å². The SMILES string of the molecule is NS(=O)(=O)C[C@H]1CC[C@H](CCN2CCC(c3cn(-c4ccc(F)cc4OCC4CC4)c4cnccc34)CC2)CC1. The van der Waals surface area contributed by atoms with Gasteiger partial charge in [0, 0.05) is 23.8 Å². The van der Waals surface area contributed by atoms with Gasteiger partial charge in [0.25, 0.3) is 0 Å². The van der Waals surface area contributed by atoms with Gasteiger partial charge in [0.15, 0.2) is 0 Å². The van der Waals surface area contributed by atoms with Crippen LogP contribution >= 0.6 is 0 Å². The Morgan fingerprint density at radius 3 is 2.42 bits per heavy atom. The average Bonchev–Trinajstić information content (AvgIpc) is 3.70. The molecule has 0 unspecified atom stereocenters. The van der Waals surface area contributed by atoms with Crippen molar-refractivity contribution < 1.29 is 17.5 Å². The van der Waals surface area contributed by atoms with E-state index in [0.717, 1.165) is 69.4 Å². The summed E-state index contributed by atoms with van der Waals surface area (Å²) in [7, 11) is -3.37. The van der Waals surface area contributed by atoms with Crippen LogP contribution in [-0.2, 0) is 10.0 Å². The van der Waals surface area contributed by atoms with E-state index in [1.807, 2.05) is 18.5 Å². The Morgan fingerprint density at radius 2 is 1.70 bits per heavy atom. The van der Waals surface area contributed by atoms with Gasteiger partial charge in [-0.15, -0.1) is 0 Å². The Morgan fingerprint density at radius 1 is 0.975 bits per heavy atom. The third-order valence-corrected chi connectivity index (χ3v) is 10.2. The molecule has 7 nitrogen and oxygen atoms in total. The van der Waals surface area contributed by atoms with Crippen molar-refractivity contribution >= 4 is 20.9 Å². The van der Waals surface area contributed by atoms with Gasteiger partial charge in [0.2, 0.25) is 10.0 Å². The number of nitrogens with two attached hydrogens (primary N) is 1. The first-order valence-corrected chi connectivity index (χ1v) is 16.6. The highest BCUT2D eigenvalue weighted by Gasteiger charge is 2.28. The molecule has 9 heteroatoms. The highest BCUT2D eigenvalue weighted by atomic mass is 32.2. The Labute approximate surface area is 236 Å². The minimum Gasteiger partial charge on any atom is -0.491 e. The molecule has 3 aromatic rings. The summed E-state index contributed by atoms with van der Waals surface area (Å²) < 4.78 is 45.2. The maximum absolute atomic E-state index is 14.2. The molecule has 0 spiro atoms. The van der Waals surface area contributed by atoms with Crippen molar-refractivity contribution in [2.24, 2.45) is 22.9 Å². The third kappa shape index (κ3) is 6.69. The van der Waals surface area contributed by atoms with Crippen LogP contribution in [0.2, 0.25) is 0 Å². The van der Waals surface area contributed by atoms with Gasteiger partial charge in [-0.1, -0.05) is 12.8 Å². The van der Waals surface area contributed by atoms with Gasteiger partial charge in [0.1, 0.15) is 11.6 Å². The summed E-state index contributed by atoms with van der Waals surface area (Å²) in [5, 5.41) is 6.46. The van der Waals surface area contributed by atoms with Crippen LogP contribution in [0.4, 0.5) is 4.39 Å². The van der Waals surface area contributed by atoms with E-state index in [2.05, 4.69) is 26.7 Å². The van der Waals surface area contributed by atoms with Gasteiger partial charge >= 0.3 is 0 Å². The van der Waals surface area contributed by atoms with Crippen LogP contribution in [0, 0.1) is 23.6 Å². The molecule has 0 bridgehead atoms. The smallest absolute Gasteiger partial charge is 0.209 e. The largest absolute Gasteiger partial charge is 0.491 e. The summed E-state index contributed by atoms with van der Waals surface area (Å²) in [5.74, 6) is 2.41. The summed E-state index contributed by atoms with van der Waals surface area (Å²) in [4.78, 5) is 7.01. The first kappa shape index (κ1) is 27.7. The molecule has 2 N–H and O–H groups in total. The van der Waals surface area contributed by atoms with Crippen molar-refractivity contribution in [1.29, 1.82) is 0 Å². The quantitative estimate of drug-likeness (QED) is 0.343. The zero-order valence-corrected chi connectivity index (χ0v) is 24.0. The van der Waals surface area contributed by atoms with Crippen molar-refractivity contribution in [2.45, 2.75) is 63.7 Å². The summed E-state index contributed by atoms with van der Waals surface area (Å²) in [6, 6.07) is 6.93. The van der Waals surface area contributed by atoms with E-state index in [1.54, 1.807) is 0 Å². The second-order valence-corrected chi connectivity index (χ2v) is 14.0. The maximum Gasteiger partial charge on any atom is 0.209 e. The molecule has 3 aliphatic rings. The van der Waals surface area contributed by atoms with Gasteiger partial charge in [-0.25, -0.2) is 17.9 Å². The number of hydrogen-bond donors (Lipinski definition) is 1. The Hall–Kier alpha value is -2.49. The monoisotopic (exact) mass is 568 g/mol. The fourth-order valence-electron chi connectivity index (χ4n) is 6.77.